The first-order valence-electron chi connectivity index (χ1n) is 7.16. The summed E-state index contributed by atoms with van der Waals surface area (Å²) in [6.45, 7) is 2.95. The van der Waals surface area contributed by atoms with E-state index in [2.05, 4.69) is 47.1 Å². The van der Waals surface area contributed by atoms with Gasteiger partial charge < -0.3 is 4.74 Å². The van der Waals surface area contributed by atoms with E-state index in [0.29, 0.717) is 4.83 Å². The standard InChI is InChI=1S/C16H23BrO/c1-2-11-18-16-9-7-13(8-10-16)14-5-3-4-6-15(17)12-14/h7-10,14-15H,2-6,11-12H2,1H3. The molecular weight excluding hydrogens is 288 g/mol. The van der Waals surface area contributed by atoms with Crippen LogP contribution < -0.4 is 4.74 Å². The van der Waals surface area contributed by atoms with Crippen LogP contribution in [0, 0.1) is 0 Å². The third-order valence-electron chi connectivity index (χ3n) is 3.68. The first-order chi connectivity index (χ1) is 8.79. The summed E-state index contributed by atoms with van der Waals surface area (Å²) in [5.41, 5.74) is 1.48. The summed E-state index contributed by atoms with van der Waals surface area (Å²) in [6.07, 6.45) is 7.72. The van der Waals surface area contributed by atoms with E-state index in [9.17, 15) is 0 Å². The zero-order valence-electron chi connectivity index (χ0n) is 11.2. The van der Waals surface area contributed by atoms with Crippen LogP contribution in [0.4, 0.5) is 0 Å². The summed E-state index contributed by atoms with van der Waals surface area (Å²) < 4.78 is 5.63. The minimum atomic E-state index is 0.695. The Balaban J connectivity index is 1.99. The second-order valence-corrected chi connectivity index (χ2v) is 6.53. The summed E-state index contributed by atoms with van der Waals surface area (Å²) in [5, 5.41) is 0. The van der Waals surface area contributed by atoms with E-state index < -0.39 is 0 Å². The van der Waals surface area contributed by atoms with Gasteiger partial charge in [-0.25, -0.2) is 0 Å². The zero-order valence-corrected chi connectivity index (χ0v) is 12.8. The topological polar surface area (TPSA) is 9.23 Å². The van der Waals surface area contributed by atoms with Crippen molar-refractivity contribution in [3.8, 4) is 5.75 Å². The van der Waals surface area contributed by atoms with E-state index in [1.165, 1.54) is 37.7 Å². The summed E-state index contributed by atoms with van der Waals surface area (Å²) in [4.78, 5) is 0.695. The van der Waals surface area contributed by atoms with Crippen molar-refractivity contribution < 1.29 is 4.74 Å². The molecule has 1 nitrogen and oxygen atoms in total. The van der Waals surface area contributed by atoms with Gasteiger partial charge in [-0.15, -0.1) is 0 Å². The maximum atomic E-state index is 5.63. The average molecular weight is 311 g/mol. The fraction of sp³-hybridized carbons (Fsp3) is 0.625. The average Bonchev–Trinajstić information content (AvgIpc) is 2.62. The molecule has 2 heteroatoms. The van der Waals surface area contributed by atoms with E-state index >= 15 is 0 Å². The minimum absolute atomic E-state index is 0.695. The summed E-state index contributed by atoms with van der Waals surface area (Å²) in [7, 11) is 0. The third-order valence-corrected chi connectivity index (χ3v) is 4.52. The number of rotatable bonds is 4. The highest BCUT2D eigenvalue weighted by Gasteiger charge is 2.19. The van der Waals surface area contributed by atoms with Crippen LogP contribution in [0.15, 0.2) is 24.3 Å². The van der Waals surface area contributed by atoms with E-state index in [4.69, 9.17) is 4.74 Å². The van der Waals surface area contributed by atoms with Crippen LogP contribution >= 0.6 is 15.9 Å². The molecule has 0 saturated heterocycles. The Morgan fingerprint density at radius 2 is 1.89 bits per heavy atom. The van der Waals surface area contributed by atoms with Crippen molar-refractivity contribution in [2.24, 2.45) is 0 Å². The highest BCUT2D eigenvalue weighted by Crippen LogP contribution is 2.35. The van der Waals surface area contributed by atoms with Crippen molar-refractivity contribution in [3.05, 3.63) is 29.8 Å². The molecule has 1 aromatic rings. The molecule has 0 bridgehead atoms. The molecular formula is C16H23BrO. The molecule has 0 aromatic heterocycles. The smallest absolute Gasteiger partial charge is 0.119 e. The van der Waals surface area contributed by atoms with Gasteiger partial charge in [0.25, 0.3) is 0 Å². The van der Waals surface area contributed by atoms with E-state index in [1.807, 2.05) is 0 Å². The highest BCUT2D eigenvalue weighted by molar-refractivity contribution is 9.09. The van der Waals surface area contributed by atoms with Gasteiger partial charge in [-0.1, -0.05) is 47.8 Å². The number of benzene rings is 1. The number of hydrogen-bond acceptors (Lipinski definition) is 1. The second-order valence-electron chi connectivity index (χ2n) is 5.23. The van der Waals surface area contributed by atoms with E-state index in [0.717, 1.165) is 24.7 Å². The quantitative estimate of drug-likeness (QED) is 0.542. The van der Waals surface area contributed by atoms with Crippen LogP contribution in [0.2, 0.25) is 0 Å². The van der Waals surface area contributed by atoms with Gasteiger partial charge in [-0.3, -0.25) is 0 Å². The minimum Gasteiger partial charge on any atom is -0.494 e. The van der Waals surface area contributed by atoms with Crippen LogP contribution in [0.25, 0.3) is 0 Å². The molecule has 0 aliphatic heterocycles. The maximum absolute atomic E-state index is 5.63. The van der Waals surface area contributed by atoms with Gasteiger partial charge in [0.1, 0.15) is 5.75 Å². The molecule has 1 fully saturated rings. The predicted molar refractivity (Wildman–Crippen MR) is 80.8 cm³/mol. The first-order valence-corrected chi connectivity index (χ1v) is 8.08. The Morgan fingerprint density at radius 3 is 2.61 bits per heavy atom. The van der Waals surface area contributed by atoms with Crippen LogP contribution in [-0.4, -0.2) is 11.4 Å². The van der Waals surface area contributed by atoms with Crippen LogP contribution in [0.3, 0.4) is 0 Å². The van der Waals surface area contributed by atoms with Gasteiger partial charge in [-0.2, -0.15) is 0 Å². The van der Waals surface area contributed by atoms with Gasteiger partial charge in [0, 0.05) is 4.83 Å². The molecule has 0 amide bonds. The molecule has 2 unspecified atom stereocenters. The largest absolute Gasteiger partial charge is 0.494 e. The fourth-order valence-corrected chi connectivity index (χ4v) is 3.43. The number of hydrogen-bond donors (Lipinski definition) is 0. The molecule has 0 spiro atoms. The summed E-state index contributed by atoms with van der Waals surface area (Å²) in [6, 6.07) is 8.75. The third kappa shape index (κ3) is 4.01. The molecule has 18 heavy (non-hydrogen) atoms. The molecule has 100 valence electrons. The van der Waals surface area contributed by atoms with Crippen molar-refractivity contribution in [1.82, 2.24) is 0 Å². The molecule has 0 N–H and O–H groups in total. The van der Waals surface area contributed by atoms with Crippen LogP contribution in [0.5, 0.6) is 5.75 Å². The van der Waals surface area contributed by atoms with Crippen molar-refractivity contribution in [2.75, 3.05) is 6.61 Å². The highest BCUT2D eigenvalue weighted by atomic mass is 79.9. The lowest BCUT2D eigenvalue weighted by molar-refractivity contribution is 0.317. The lowest BCUT2D eigenvalue weighted by atomic mass is 9.92. The Bertz CT molecular complexity index is 347. The predicted octanol–water partition coefficient (Wildman–Crippen LogP) is 5.29. The van der Waals surface area contributed by atoms with Crippen LogP contribution in [0.1, 0.15) is 56.9 Å². The second kappa shape index (κ2) is 7.18. The van der Waals surface area contributed by atoms with Gasteiger partial charge >= 0.3 is 0 Å². The lowest BCUT2D eigenvalue weighted by Crippen LogP contribution is -2.04. The van der Waals surface area contributed by atoms with Gasteiger partial charge in [0.05, 0.1) is 6.61 Å². The maximum Gasteiger partial charge on any atom is 0.119 e. The SMILES string of the molecule is CCCOc1ccc(C2CCCCC(Br)C2)cc1. The van der Waals surface area contributed by atoms with E-state index in [1.54, 1.807) is 0 Å². The summed E-state index contributed by atoms with van der Waals surface area (Å²) >= 11 is 3.80. The van der Waals surface area contributed by atoms with Crippen molar-refractivity contribution in [3.63, 3.8) is 0 Å². The molecule has 0 heterocycles. The Labute approximate surface area is 119 Å². The molecule has 1 saturated carbocycles. The molecule has 1 aromatic carbocycles. The van der Waals surface area contributed by atoms with Crippen molar-refractivity contribution in [2.45, 2.75) is 56.2 Å². The molecule has 2 rings (SSSR count). The molecule has 2 atom stereocenters. The van der Waals surface area contributed by atoms with Gasteiger partial charge in [0.15, 0.2) is 0 Å². The monoisotopic (exact) mass is 310 g/mol. The van der Waals surface area contributed by atoms with Gasteiger partial charge in [0.2, 0.25) is 0 Å². The molecule has 1 aliphatic carbocycles. The zero-order chi connectivity index (χ0) is 12.8. The Morgan fingerprint density at radius 1 is 1.17 bits per heavy atom. The van der Waals surface area contributed by atoms with Crippen molar-refractivity contribution in [1.29, 1.82) is 0 Å². The molecule has 1 aliphatic rings. The summed E-state index contributed by atoms with van der Waals surface area (Å²) in [5.74, 6) is 1.72. The fourth-order valence-electron chi connectivity index (χ4n) is 2.66. The lowest BCUT2D eigenvalue weighted by Gasteiger charge is -2.17. The van der Waals surface area contributed by atoms with Gasteiger partial charge in [-0.05, 0) is 49.3 Å². The Hall–Kier alpha value is -0.500. The van der Waals surface area contributed by atoms with Crippen LogP contribution in [-0.2, 0) is 0 Å². The first kappa shape index (κ1) is 13.9. The molecule has 0 radical (unpaired) electrons. The van der Waals surface area contributed by atoms with E-state index in [-0.39, 0.29) is 0 Å². The number of halogens is 1. The number of alkyl halides is 1. The number of ether oxygens (including phenoxy) is 1. The normalized spacial score (nSPS) is 24.6. The van der Waals surface area contributed by atoms with Crippen molar-refractivity contribution >= 4 is 15.9 Å². The Kier molecular flexibility index (Phi) is 5.55.